The summed E-state index contributed by atoms with van der Waals surface area (Å²) in [7, 11) is 1.35. The summed E-state index contributed by atoms with van der Waals surface area (Å²) in [5.41, 5.74) is 0.298. The van der Waals surface area contributed by atoms with Gasteiger partial charge in [0.2, 0.25) is 0 Å². The summed E-state index contributed by atoms with van der Waals surface area (Å²) in [6.07, 6.45) is 0.211. The van der Waals surface area contributed by atoms with Gasteiger partial charge in [-0.25, -0.2) is 4.79 Å². The quantitative estimate of drug-likeness (QED) is 0.773. The number of carbonyl (C=O) groups is 2. The molecule has 1 rings (SSSR count). The van der Waals surface area contributed by atoms with Crippen LogP contribution in [0.3, 0.4) is 0 Å². The molecule has 0 atom stereocenters. The van der Waals surface area contributed by atoms with Crippen LogP contribution < -0.4 is 4.74 Å². The van der Waals surface area contributed by atoms with E-state index in [1.54, 1.807) is 45.0 Å². The molecular weight excluding hydrogens is 260 g/mol. The summed E-state index contributed by atoms with van der Waals surface area (Å²) >= 11 is 0. The molecule has 0 heterocycles. The van der Waals surface area contributed by atoms with Gasteiger partial charge in [-0.05, 0) is 38.5 Å². The molecule has 5 nitrogen and oxygen atoms in total. The van der Waals surface area contributed by atoms with Crippen LogP contribution in [0.4, 0.5) is 0 Å². The summed E-state index contributed by atoms with van der Waals surface area (Å²) in [6.45, 7) is 5.25. The van der Waals surface area contributed by atoms with Crippen molar-refractivity contribution in [3.8, 4) is 5.75 Å². The smallest absolute Gasteiger partial charge is 0.344 e. The van der Waals surface area contributed by atoms with Gasteiger partial charge in [-0.15, -0.1) is 0 Å². The van der Waals surface area contributed by atoms with E-state index in [-0.39, 0.29) is 19.0 Å². The fraction of sp³-hybridized carbons (Fsp3) is 0.467. The molecule has 0 aliphatic carbocycles. The number of carbonyl (C=O) groups excluding carboxylic acids is 2. The topological polar surface area (TPSA) is 61.8 Å². The number of rotatable bonds is 5. The van der Waals surface area contributed by atoms with Crippen LogP contribution in [0.15, 0.2) is 24.3 Å². The Morgan fingerprint density at radius 3 is 2.15 bits per heavy atom. The Balaban J connectivity index is 2.46. The first kappa shape index (κ1) is 16.0. The van der Waals surface area contributed by atoms with Gasteiger partial charge in [-0.3, -0.25) is 4.79 Å². The normalized spacial score (nSPS) is 10.8. The Bertz CT molecular complexity index is 456. The van der Waals surface area contributed by atoms with Gasteiger partial charge in [-0.1, -0.05) is 12.1 Å². The molecule has 5 heteroatoms. The highest BCUT2D eigenvalue weighted by Crippen LogP contribution is 2.14. The number of ether oxygens (including phenoxy) is 3. The lowest BCUT2D eigenvalue weighted by Gasteiger charge is -2.19. The zero-order valence-corrected chi connectivity index (χ0v) is 12.3. The second kappa shape index (κ2) is 6.93. The standard InChI is InChI=1S/C15H20O5/c1-15(2,3)20-14(17)10-19-12-7-5-11(6-8-12)9-13(16)18-4/h5-8H,9-10H2,1-4H3. The molecule has 0 saturated heterocycles. The average Bonchev–Trinajstić information content (AvgIpc) is 2.36. The number of methoxy groups -OCH3 is 1. The Labute approximate surface area is 118 Å². The van der Waals surface area contributed by atoms with Crippen LogP contribution in [0.2, 0.25) is 0 Å². The van der Waals surface area contributed by atoms with Gasteiger partial charge in [0.15, 0.2) is 6.61 Å². The van der Waals surface area contributed by atoms with Crippen LogP contribution in [0, 0.1) is 0 Å². The Kier molecular flexibility index (Phi) is 5.55. The fourth-order valence-corrected chi connectivity index (χ4v) is 1.46. The molecule has 1 aromatic rings. The van der Waals surface area contributed by atoms with Crippen molar-refractivity contribution in [1.82, 2.24) is 0 Å². The van der Waals surface area contributed by atoms with Gasteiger partial charge in [0, 0.05) is 0 Å². The first-order valence-electron chi connectivity index (χ1n) is 6.30. The number of hydrogen-bond acceptors (Lipinski definition) is 5. The summed E-state index contributed by atoms with van der Waals surface area (Å²) in [6, 6.07) is 6.90. The average molecular weight is 280 g/mol. The summed E-state index contributed by atoms with van der Waals surface area (Å²) in [5.74, 6) is -0.173. The Hall–Kier alpha value is -2.04. The highest BCUT2D eigenvalue weighted by molar-refractivity contribution is 5.72. The molecule has 110 valence electrons. The molecule has 0 spiro atoms. The summed E-state index contributed by atoms with van der Waals surface area (Å²) in [4.78, 5) is 22.6. The van der Waals surface area contributed by atoms with Gasteiger partial charge in [0.05, 0.1) is 13.5 Å². The molecule has 0 N–H and O–H groups in total. The fourth-order valence-electron chi connectivity index (χ4n) is 1.46. The summed E-state index contributed by atoms with van der Waals surface area (Å²) < 4.78 is 15.0. The van der Waals surface area contributed by atoms with E-state index in [1.165, 1.54) is 7.11 Å². The highest BCUT2D eigenvalue weighted by atomic mass is 16.6. The van der Waals surface area contributed by atoms with Gasteiger partial charge < -0.3 is 14.2 Å². The van der Waals surface area contributed by atoms with Crippen molar-refractivity contribution in [3.63, 3.8) is 0 Å². The van der Waals surface area contributed by atoms with Gasteiger partial charge in [0.25, 0.3) is 0 Å². The molecule has 0 aromatic heterocycles. The van der Waals surface area contributed by atoms with Crippen molar-refractivity contribution in [2.75, 3.05) is 13.7 Å². The number of hydrogen-bond donors (Lipinski definition) is 0. The maximum Gasteiger partial charge on any atom is 0.344 e. The zero-order valence-electron chi connectivity index (χ0n) is 12.3. The van der Waals surface area contributed by atoms with E-state index in [0.717, 1.165) is 5.56 Å². The van der Waals surface area contributed by atoms with E-state index < -0.39 is 11.6 Å². The molecule has 1 aromatic carbocycles. The lowest BCUT2D eigenvalue weighted by atomic mass is 10.1. The minimum Gasteiger partial charge on any atom is -0.482 e. The number of esters is 2. The van der Waals surface area contributed by atoms with Gasteiger partial charge in [-0.2, -0.15) is 0 Å². The molecule has 0 bridgehead atoms. The van der Waals surface area contributed by atoms with E-state index in [0.29, 0.717) is 5.75 Å². The summed E-state index contributed by atoms with van der Waals surface area (Å²) in [5, 5.41) is 0. The molecule has 0 radical (unpaired) electrons. The van der Waals surface area contributed by atoms with Crippen molar-refractivity contribution in [2.24, 2.45) is 0 Å². The molecule has 0 amide bonds. The SMILES string of the molecule is COC(=O)Cc1ccc(OCC(=O)OC(C)(C)C)cc1. The second-order valence-corrected chi connectivity index (χ2v) is 5.27. The van der Waals surface area contributed by atoms with E-state index >= 15 is 0 Å². The second-order valence-electron chi connectivity index (χ2n) is 5.27. The van der Waals surface area contributed by atoms with Crippen LogP contribution in [0.1, 0.15) is 26.3 Å². The lowest BCUT2D eigenvalue weighted by molar-refractivity contribution is -0.157. The molecule has 0 fully saturated rings. The minimum absolute atomic E-state index is 0.145. The van der Waals surface area contributed by atoms with Crippen LogP contribution in [0.25, 0.3) is 0 Å². The molecule has 0 aliphatic heterocycles. The van der Waals surface area contributed by atoms with Crippen molar-refractivity contribution in [3.05, 3.63) is 29.8 Å². The lowest BCUT2D eigenvalue weighted by Crippen LogP contribution is -2.27. The zero-order chi connectivity index (χ0) is 15.2. The van der Waals surface area contributed by atoms with Crippen molar-refractivity contribution in [1.29, 1.82) is 0 Å². The Morgan fingerprint density at radius 1 is 1.05 bits per heavy atom. The maximum absolute atomic E-state index is 11.5. The van der Waals surface area contributed by atoms with Crippen molar-refractivity contribution >= 4 is 11.9 Å². The van der Waals surface area contributed by atoms with Crippen molar-refractivity contribution < 1.29 is 23.8 Å². The first-order chi connectivity index (χ1) is 9.30. The highest BCUT2D eigenvalue weighted by Gasteiger charge is 2.16. The van der Waals surface area contributed by atoms with Crippen LogP contribution in [-0.2, 0) is 25.5 Å². The largest absolute Gasteiger partial charge is 0.482 e. The minimum atomic E-state index is -0.523. The van der Waals surface area contributed by atoms with Crippen LogP contribution in [-0.4, -0.2) is 31.3 Å². The monoisotopic (exact) mass is 280 g/mol. The third kappa shape index (κ3) is 6.22. The first-order valence-corrected chi connectivity index (χ1v) is 6.30. The third-order valence-corrected chi connectivity index (χ3v) is 2.28. The number of benzene rings is 1. The maximum atomic E-state index is 11.5. The van der Waals surface area contributed by atoms with E-state index in [9.17, 15) is 9.59 Å². The molecule has 0 aliphatic rings. The predicted molar refractivity (Wildman–Crippen MR) is 73.5 cm³/mol. The van der Waals surface area contributed by atoms with Crippen LogP contribution >= 0.6 is 0 Å². The molecular formula is C15H20O5. The van der Waals surface area contributed by atoms with Gasteiger partial charge in [0.1, 0.15) is 11.4 Å². The molecule has 0 saturated carbocycles. The van der Waals surface area contributed by atoms with E-state index in [4.69, 9.17) is 9.47 Å². The Morgan fingerprint density at radius 2 is 1.65 bits per heavy atom. The van der Waals surface area contributed by atoms with Gasteiger partial charge >= 0.3 is 11.9 Å². The molecule has 0 unspecified atom stereocenters. The predicted octanol–water partition coefficient (Wildman–Crippen LogP) is 2.12. The van der Waals surface area contributed by atoms with Crippen molar-refractivity contribution in [2.45, 2.75) is 32.8 Å². The third-order valence-electron chi connectivity index (χ3n) is 2.28. The van der Waals surface area contributed by atoms with E-state index in [2.05, 4.69) is 4.74 Å². The van der Waals surface area contributed by atoms with Crippen LogP contribution in [0.5, 0.6) is 5.75 Å². The van der Waals surface area contributed by atoms with E-state index in [1.807, 2.05) is 0 Å². The molecule has 20 heavy (non-hydrogen) atoms.